The summed E-state index contributed by atoms with van der Waals surface area (Å²) in [5.74, 6) is 0. The second-order valence-electron chi connectivity index (χ2n) is 5.45. The van der Waals surface area contributed by atoms with Gasteiger partial charge in [0.25, 0.3) is 0 Å². The van der Waals surface area contributed by atoms with E-state index in [1.807, 2.05) is 12.1 Å². The third-order valence-electron chi connectivity index (χ3n) is 3.74. The van der Waals surface area contributed by atoms with Gasteiger partial charge in [-0.1, -0.05) is 30.7 Å². The Labute approximate surface area is 121 Å². The van der Waals surface area contributed by atoms with Crippen LogP contribution in [0.15, 0.2) is 24.3 Å². The molecule has 106 valence electrons. The number of hydrogen-bond acceptors (Lipinski definition) is 2. The molecular weight excluding hydrogens is 258 g/mol. The first-order valence-corrected chi connectivity index (χ1v) is 7.70. The summed E-state index contributed by atoms with van der Waals surface area (Å²) in [5.41, 5.74) is 1.32. The van der Waals surface area contributed by atoms with Gasteiger partial charge in [0, 0.05) is 11.1 Å². The molecule has 2 rings (SSSR count). The van der Waals surface area contributed by atoms with Crippen molar-refractivity contribution in [2.75, 3.05) is 6.54 Å². The van der Waals surface area contributed by atoms with Gasteiger partial charge in [-0.3, -0.25) is 0 Å². The van der Waals surface area contributed by atoms with Gasteiger partial charge >= 0.3 is 0 Å². The number of rotatable bonds is 6. The van der Waals surface area contributed by atoms with Crippen molar-refractivity contribution in [1.82, 2.24) is 5.32 Å². The average molecular weight is 282 g/mol. The van der Waals surface area contributed by atoms with Crippen molar-refractivity contribution in [1.29, 1.82) is 0 Å². The molecule has 0 bridgehead atoms. The predicted molar refractivity (Wildman–Crippen MR) is 80.8 cm³/mol. The molecule has 0 amide bonds. The van der Waals surface area contributed by atoms with E-state index in [1.54, 1.807) is 0 Å². The third kappa shape index (κ3) is 4.48. The van der Waals surface area contributed by atoms with Gasteiger partial charge < -0.3 is 10.1 Å². The fourth-order valence-corrected chi connectivity index (χ4v) is 2.79. The second-order valence-corrected chi connectivity index (χ2v) is 5.89. The number of benzene rings is 1. The quantitative estimate of drug-likeness (QED) is 0.856. The maximum atomic E-state index is 6.03. The molecule has 0 radical (unpaired) electrons. The lowest BCUT2D eigenvalue weighted by atomic mass is 9.99. The van der Waals surface area contributed by atoms with Gasteiger partial charge in [-0.2, -0.15) is 0 Å². The molecule has 1 aromatic carbocycles. The fraction of sp³-hybridized carbons (Fsp3) is 0.625. The molecule has 19 heavy (non-hydrogen) atoms. The highest BCUT2D eigenvalue weighted by Crippen LogP contribution is 2.24. The maximum absolute atomic E-state index is 6.03. The van der Waals surface area contributed by atoms with Crippen LogP contribution in [0, 0.1) is 0 Å². The van der Waals surface area contributed by atoms with E-state index >= 15 is 0 Å². The van der Waals surface area contributed by atoms with Crippen molar-refractivity contribution in [3.63, 3.8) is 0 Å². The van der Waals surface area contributed by atoms with Crippen molar-refractivity contribution in [3.8, 4) is 0 Å². The lowest BCUT2D eigenvalue weighted by Gasteiger charge is -2.25. The molecule has 3 unspecified atom stereocenters. The van der Waals surface area contributed by atoms with Gasteiger partial charge in [-0.05, 0) is 56.8 Å². The van der Waals surface area contributed by atoms with Crippen LogP contribution in [0.1, 0.15) is 38.7 Å². The van der Waals surface area contributed by atoms with Crippen LogP contribution in [-0.2, 0) is 11.2 Å². The molecule has 1 saturated heterocycles. The Hall–Kier alpha value is -0.570. The van der Waals surface area contributed by atoms with Crippen molar-refractivity contribution in [3.05, 3.63) is 34.9 Å². The first-order valence-electron chi connectivity index (χ1n) is 7.32. The largest absolute Gasteiger partial charge is 0.374 e. The average Bonchev–Trinajstić information content (AvgIpc) is 2.83. The molecule has 3 heteroatoms. The first kappa shape index (κ1) is 14.8. The van der Waals surface area contributed by atoms with Crippen molar-refractivity contribution >= 4 is 11.6 Å². The van der Waals surface area contributed by atoms with Gasteiger partial charge in [0.2, 0.25) is 0 Å². The summed E-state index contributed by atoms with van der Waals surface area (Å²) in [6.07, 6.45) is 5.25. The molecule has 2 nitrogen and oxygen atoms in total. The zero-order valence-electron chi connectivity index (χ0n) is 11.9. The van der Waals surface area contributed by atoms with E-state index in [1.165, 1.54) is 12.0 Å². The van der Waals surface area contributed by atoms with Crippen molar-refractivity contribution < 1.29 is 4.74 Å². The normalized spacial score (nSPS) is 24.6. The molecule has 0 aromatic heterocycles. The highest BCUT2D eigenvalue weighted by atomic mass is 35.5. The standard InChI is InChI=1S/C16H24ClNO/c1-3-10-18-15(16-9-4-12(2)19-16)11-13-5-7-14(17)8-6-13/h5-8,12,15-16,18H,3-4,9-11H2,1-2H3. The Bertz CT molecular complexity index is 379. The number of nitrogens with one attached hydrogen (secondary N) is 1. The van der Waals surface area contributed by atoms with Crippen LogP contribution in [0.25, 0.3) is 0 Å². The summed E-state index contributed by atoms with van der Waals surface area (Å²) in [6, 6.07) is 8.56. The maximum Gasteiger partial charge on any atom is 0.0735 e. The van der Waals surface area contributed by atoms with Gasteiger partial charge in [-0.15, -0.1) is 0 Å². The summed E-state index contributed by atoms with van der Waals surface area (Å²) in [5, 5.41) is 4.44. The van der Waals surface area contributed by atoms with Crippen LogP contribution >= 0.6 is 11.6 Å². The van der Waals surface area contributed by atoms with E-state index in [0.717, 1.165) is 30.8 Å². The summed E-state index contributed by atoms with van der Waals surface area (Å²) >= 11 is 5.94. The second kappa shape index (κ2) is 7.28. The van der Waals surface area contributed by atoms with Crippen LogP contribution in [-0.4, -0.2) is 24.8 Å². The summed E-state index contributed by atoms with van der Waals surface area (Å²) in [4.78, 5) is 0. The molecule has 0 spiro atoms. The van der Waals surface area contributed by atoms with E-state index in [4.69, 9.17) is 16.3 Å². The summed E-state index contributed by atoms with van der Waals surface area (Å²) in [6.45, 7) is 5.41. The van der Waals surface area contributed by atoms with E-state index in [2.05, 4.69) is 31.3 Å². The molecule has 1 aromatic rings. The Morgan fingerprint density at radius 3 is 2.63 bits per heavy atom. The third-order valence-corrected chi connectivity index (χ3v) is 3.99. The molecule has 1 fully saturated rings. The molecule has 1 heterocycles. The molecule has 1 aliphatic heterocycles. The Kier molecular flexibility index (Phi) is 5.68. The Morgan fingerprint density at radius 1 is 1.32 bits per heavy atom. The van der Waals surface area contributed by atoms with Crippen molar-refractivity contribution in [2.24, 2.45) is 0 Å². The highest BCUT2D eigenvalue weighted by molar-refractivity contribution is 6.30. The predicted octanol–water partition coefficient (Wildman–Crippen LogP) is 3.82. The lowest BCUT2D eigenvalue weighted by molar-refractivity contribution is 0.0321. The highest BCUT2D eigenvalue weighted by Gasteiger charge is 2.29. The number of ether oxygens (including phenoxy) is 1. The van der Waals surface area contributed by atoms with Gasteiger partial charge in [0.05, 0.1) is 12.2 Å². The Balaban J connectivity index is 1.98. The number of halogens is 1. The zero-order valence-corrected chi connectivity index (χ0v) is 12.6. The first-order chi connectivity index (χ1) is 9.19. The van der Waals surface area contributed by atoms with Crippen LogP contribution in [0.5, 0.6) is 0 Å². The van der Waals surface area contributed by atoms with Crippen molar-refractivity contribution in [2.45, 2.75) is 57.8 Å². The van der Waals surface area contributed by atoms with Gasteiger partial charge in [0.15, 0.2) is 0 Å². The van der Waals surface area contributed by atoms with Crippen LogP contribution in [0.2, 0.25) is 5.02 Å². The van der Waals surface area contributed by atoms with E-state index in [0.29, 0.717) is 18.2 Å². The molecular formula is C16H24ClNO. The summed E-state index contributed by atoms with van der Waals surface area (Å²) < 4.78 is 6.03. The van der Waals surface area contributed by atoms with Crippen LogP contribution in [0.3, 0.4) is 0 Å². The molecule has 0 aliphatic carbocycles. The topological polar surface area (TPSA) is 21.3 Å². The minimum Gasteiger partial charge on any atom is -0.374 e. The van der Waals surface area contributed by atoms with E-state index in [-0.39, 0.29) is 0 Å². The van der Waals surface area contributed by atoms with E-state index in [9.17, 15) is 0 Å². The fourth-order valence-electron chi connectivity index (χ4n) is 2.67. The van der Waals surface area contributed by atoms with Gasteiger partial charge in [0.1, 0.15) is 0 Å². The minimum absolute atomic E-state index is 0.345. The van der Waals surface area contributed by atoms with Gasteiger partial charge in [-0.25, -0.2) is 0 Å². The van der Waals surface area contributed by atoms with Crippen LogP contribution < -0.4 is 5.32 Å². The lowest BCUT2D eigenvalue weighted by Crippen LogP contribution is -2.42. The summed E-state index contributed by atoms with van der Waals surface area (Å²) in [7, 11) is 0. The number of hydrogen-bond donors (Lipinski definition) is 1. The smallest absolute Gasteiger partial charge is 0.0735 e. The minimum atomic E-state index is 0.345. The zero-order chi connectivity index (χ0) is 13.7. The Morgan fingerprint density at radius 2 is 2.05 bits per heavy atom. The molecule has 1 aliphatic rings. The SMILES string of the molecule is CCCNC(Cc1ccc(Cl)cc1)C1CCC(C)O1. The van der Waals surface area contributed by atoms with E-state index < -0.39 is 0 Å². The van der Waals surface area contributed by atoms with Crippen LogP contribution in [0.4, 0.5) is 0 Å². The molecule has 1 N–H and O–H groups in total. The molecule has 3 atom stereocenters. The molecule has 0 saturated carbocycles. The monoisotopic (exact) mass is 281 g/mol.